The van der Waals surface area contributed by atoms with Crippen LogP contribution in [0.5, 0.6) is 0 Å². The minimum Gasteiger partial charge on any atom is -0.467 e. The molecule has 4 fully saturated rings. The summed E-state index contributed by atoms with van der Waals surface area (Å²) < 4.78 is 76.5. The van der Waals surface area contributed by atoms with Gasteiger partial charge in [-0.1, -0.05) is 143 Å². The van der Waals surface area contributed by atoms with Gasteiger partial charge in [-0.25, -0.2) is 4.79 Å². The molecule has 7 rings (SSSR count). The van der Waals surface area contributed by atoms with Crippen LogP contribution in [0.25, 0.3) is 20.9 Å². The first-order valence-electron chi connectivity index (χ1n) is 30.1. The molecule has 0 radical (unpaired) electrons. The molecule has 0 N–H and O–H groups in total. The normalized spacial score (nSPS) is 32.4. The fraction of sp³-hybridized carbons (Fsp3) is 0.635. The number of rotatable bonds is 29. The Morgan fingerprint density at radius 1 is 0.552 bits per heavy atom. The van der Waals surface area contributed by atoms with Crippen molar-refractivity contribution in [1.29, 1.82) is 0 Å². The first kappa shape index (κ1) is 68.1. The van der Waals surface area contributed by atoms with Crippen LogP contribution in [0.3, 0.4) is 0 Å². The number of hydrogen-bond donors (Lipinski definition) is 0. The zero-order valence-electron chi connectivity index (χ0n) is 51.3. The lowest BCUT2D eigenvalue weighted by molar-refractivity contribution is -0.364. The minimum atomic E-state index is -1.51. The molecule has 3 aromatic rings. The fourth-order valence-electron chi connectivity index (χ4n) is 11.9. The van der Waals surface area contributed by atoms with E-state index in [0.29, 0.717) is 37.9 Å². The number of benzene rings is 3. The zero-order chi connectivity index (χ0) is 62.7. The molecule has 87 heavy (non-hydrogen) atoms. The van der Waals surface area contributed by atoms with Gasteiger partial charge in [0.2, 0.25) is 0 Å². The fourth-order valence-corrected chi connectivity index (χ4v) is 11.9. The predicted octanol–water partition coefficient (Wildman–Crippen LogP) is 9.55. The average Bonchev–Trinajstić information content (AvgIpc) is 2.28. The van der Waals surface area contributed by atoms with E-state index < -0.39 is 146 Å². The lowest BCUT2D eigenvalue weighted by atomic mass is 9.83. The van der Waals surface area contributed by atoms with Crippen molar-refractivity contribution in [3.63, 3.8) is 0 Å². The van der Waals surface area contributed by atoms with Crippen LogP contribution in [0.2, 0.25) is 0 Å². The van der Waals surface area contributed by atoms with Gasteiger partial charge >= 0.3 is 17.9 Å². The largest absolute Gasteiger partial charge is 0.467 e. The maximum Gasteiger partial charge on any atom is 0.335 e. The second kappa shape index (κ2) is 33.3. The number of azide groups is 2. The number of carbonyl (C=O) groups excluding carboxylic acids is 5. The molecular formula is C63H85N7O17. The molecule has 0 saturated carbocycles. The molecule has 0 aromatic heterocycles. The van der Waals surface area contributed by atoms with Gasteiger partial charge in [-0.2, -0.15) is 0 Å². The van der Waals surface area contributed by atoms with Gasteiger partial charge in [0, 0.05) is 48.3 Å². The summed E-state index contributed by atoms with van der Waals surface area (Å²) in [6, 6.07) is 26.4. The van der Waals surface area contributed by atoms with Crippen molar-refractivity contribution >= 4 is 29.5 Å². The first-order valence-corrected chi connectivity index (χ1v) is 30.1. The summed E-state index contributed by atoms with van der Waals surface area (Å²) in [6.45, 7) is 16.5. The highest BCUT2D eigenvalue weighted by Crippen LogP contribution is 2.42. The number of hydrogen-bond acceptors (Lipinski definition) is 20. The molecule has 0 amide bonds. The van der Waals surface area contributed by atoms with Gasteiger partial charge in [-0.3, -0.25) is 24.1 Å². The van der Waals surface area contributed by atoms with E-state index in [9.17, 15) is 35.0 Å². The molecule has 0 spiro atoms. The molecule has 474 valence electrons. The van der Waals surface area contributed by atoms with Gasteiger partial charge in [0.05, 0.1) is 56.8 Å². The Morgan fingerprint density at radius 2 is 1.07 bits per heavy atom. The van der Waals surface area contributed by atoms with Gasteiger partial charge < -0.3 is 56.8 Å². The topological polar surface area (TPSA) is 297 Å². The highest BCUT2D eigenvalue weighted by molar-refractivity contribution is 5.97. The van der Waals surface area contributed by atoms with Gasteiger partial charge in [0.25, 0.3) is 0 Å². The maximum absolute atomic E-state index is 14.1. The van der Waals surface area contributed by atoms with Gasteiger partial charge in [-0.15, -0.1) is 0 Å². The number of esters is 3. The van der Waals surface area contributed by atoms with E-state index in [1.54, 1.807) is 13.8 Å². The molecule has 4 aliphatic rings. The quantitative estimate of drug-likeness (QED) is 0.0119. The lowest BCUT2D eigenvalue weighted by Gasteiger charge is -2.51. The van der Waals surface area contributed by atoms with E-state index in [4.69, 9.17) is 56.8 Å². The summed E-state index contributed by atoms with van der Waals surface area (Å²) >= 11 is 0. The predicted molar refractivity (Wildman–Crippen MR) is 313 cm³/mol. The molecule has 24 nitrogen and oxygen atoms in total. The molecule has 4 aliphatic heterocycles. The van der Waals surface area contributed by atoms with E-state index in [0.717, 1.165) is 24.0 Å². The summed E-state index contributed by atoms with van der Waals surface area (Å²) in [7, 11) is 1.24. The molecule has 0 aliphatic carbocycles. The van der Waals surface area contributed by atoms with Crippen LogP contribution < -0.4 is 0 Å². The Bertz CT molecular complexity index is 2800. The van der Waals surface area contributed by atoms with Crippen LogP contribution in [0.4, 0.5) is 0 Å². The average molecular weight is 1210 g/mol. The van der Waals surface area contributed by atoms with Crippen molar-refractivity contribution in [2.45, 2.75) is 206 Å². The Labute approximate surface area is 508 Å². The van der Waals surface area contributed by atoms with Crippen LogP contribution in [0.1, 0.15) is 116 Å². The summed E-state index contributed by atoms with van der Waals surface area (Å²) in [6.07, 6.45) is -13.3. The Morgan fingerprint density at radius 3 is 1.62 bits per heavy atom. The van der Waals surface area contributed by atoms with Crippen LogP contribution in [-0.2, 0) is 89.2 Å². The van der Waals surface area contributed by atoms with Crippen LogP contribution in [-0.4, -0.2) is 159 Å². The summed E-state index contributed by atoms with van der Waals surface area (Å²) in [5.41, 5.74) is 22.5. The van der Waals surface area contributed by atoms with Crippen molar-refractivity contribution in [2.75, 3.05) is 26.8 Å². The van der Waals surface area contributed by atoms with E-state index in [1.807, 2.05) is 119 Å². The highest BCUT2D eigenvalue weighted by atomic mass is 16.8. The summed E-state index contributed by atoms with van der Waals surface area (Å²) in [5.74, 6) is -4.67. The Balaban J connectivity index is 1.09. The molecule has 24 heteroatoms. The van der Waals surface area contributed by atoms with Crippen LogP contribution in [0.15, 0.2) is 101 Å². The summed E-state index contributed by atoms with van der Waals surface area (Å²) in [5, 5.41) is 8.30. The number of unbranched alkanes of at least 4 members (excludes halogenated alkanes) is 2. The monoisotopic (exact) mass is 1210 g/mol. The Kier molecular flexibility index (Phi) is 26.1. The van der Waals surface area contributed by atoms with Gasteiger partial charge in [0.1, 0.15) is 18.3 Å². The van der Waals surface area contributed by atoms with Crippen molar-refractivity contribution in [1.82, 2.24) is 4.90 Å². The molecular weight excluding hydrogens is 1130 g/mol. The Hall–Kier alpha value is -6.37. The molecule has 8 unspecified atom stereocenters. The molecule has 4 saturated heterocycles. The summed E-state index contributed by atoms with van der Waals surface area (Å²) in [4.78, 5) is 74.7. The van der Waals surface area contributed by atoms with Crippen LogP contribution in [0, 0.1) is 23.7 Å². The molecule has 20 atom stereocenters. The van der Waals surface area contributed by atoms with E-state index in [-0.39, 0.29) is 25.5 Å². The maximum atomic E-state index is 14.1. The lowest BCUT2D eigenvalue weighted by Crippen LogP contribution is -2.66. The van der Waals surface area contributed by atoms with Crippen molar-refractivity contribution in [2.24, 2.45) is 33.9 Å². The third kappa shape index (κ3) is 17.9. The molecule has 4 heterocycles. The standard InChI is InChI=1S/C63H85N7O17/c1-11-47-51(38(5)49(66-68-64)60(81-47)77-32-24-16-23-31-70(33-43-25-17-13-18-26-43)34-46(74)45-29-21-15-22-30-45)84-63-58(80-42(9)73)56(78-35-44-27-19-14-20-28-44)57(55(86-63)40(7)71)87-61-50(67-69-65)39(6)52(48(12-2)82-61)83-62-54(79-41(8)72)37(4)36(3)53(85-62)59(75)76-10/h13-15,17-22,25-30,36-39,47-58,60-63H,11-12,16,23-24,31-35H2,1-10H3/t36-,37-,38?,39+,47-,48?,49?,50?,51-,52-,53?,54?,55-,56?,57+,58?,60-,61+,62+,63+/m0/s1. The second-order valence-electron chi connectivity index (χ2n) is 22.8. The number of methoxy groups -OCH3 is 1. The third-order valence-corrected chi connectivity index (χ3v) is 16.8. The van der Waals surface area contributed by atoms with Crippen LogP contribution >= 0.6 is 0 Å². The van der Waals surface area contributed by atoms with Crippen molar-refractivity contribution < 1.29 is 80.8 Å². The smallest absolute Gasteiger partial charge is 0.335 e. The number of carbonyl (C=O) groups is 5. The second-order valence-corrected chi connectivity index (χ2v) is 22.8. The number of ketones is 2. The van der Waals surface area contributed by atoms with Gasteiger partial charge in [0.15, 0.2) is 55.0 Å². The van der Waals surface area contributed by atoms with Crippen molar-refractivity contribution in [3.8, 4) is 0 Å². The molecule has 0 bridgehead atoms. The zero-order valence-corrected chi connectivity index (χ0v) is 51.3. The minimum absolute atomic E-state index is 0.0440. The van der Waals surface area contributed by atoms with Crippen molar-refractivity contribution in [3.05, 3.63) is 129 Å². The number of ether oxygens (including phenoxy) is 12. The van der Waals surface area contributed by atoms with E-state index in [1.165, 1.54) is 27.9 Å². The number of Topliss-reactive ketones (excluding diaryl/α,β-unsaturated/α-hetero) is 2. The number of nitrogens with zero attached hydrogens (tertiary/aromatic N) is 7. The third-order valence-electron chi connectivity index (χ3n) is 16.8. The van der Waals surface area contributed by atoms with E-state index in [2.05, 4.69) is 25.0 Å². The van der Waals surface area contributed by atoms with E-state index >= 15 is 0 Å². The highest BCUT2D eigenvalue weighted by Gasteiger charge is 2.57. The molecule has 3 aromatic carbocycles. The first-order chi connectivity index (χ1) is 41.9. The SMILES string of the molecule is CCC1O[C@H](O[C@H]2C(OCc3ccccc3)C(OC(C)=O)[C@H](O[C@H]3C(C)C(N=[N+]=[N-])[C@@H](OCCCCCN(CC(=O)c4ccccc4)Cc4ccccc4)O[C@H]3CC)O[C@H]2C(C)=O)C(N=[N+]=[N-])[C@@H](C)[C@@H]1O[C@@H]1OC(C(=O)OC)[C@@H](C)[C@H](C)C1OC(C)=O. The van der Waals surface area contributed by atoms with Gasteiger partial charge in [-0.05, 0) is 85.5 Å².